The van der Waals surface area contributed by atoms with E-state index in [9.17, 15) is 28.4 Å². The van der Waals surface area contributed by atoms with Crippen molar-refractivity contribution in [3.05, 3.63) is 99.5 Å². The molecule has 11 rings (SSSR count). The van der Waals surface area contributed by atoms with E-state index in [-0.39, 0.29) is 75.5 Å². The van der Waals surface area contributed by atoms with Crippen LogP contribution in [-0.4, -0.2) is 102 Å². The number of rotatable bonds is 13. The van der Waals surface area contributed by atoms with Gasteiger partial charge in [-0.15, -0.1) is 0 Å². The highest BCUT2D eigenvalue weighted by Gasteiger charge is 2.50. The molecule has 6 aliphatic rings. The zero-order chi connectivity index (χ0) is 50.1. The molecule has 4 aliphatic heterocycles. The first kappa shape index (κ1) is 48.3. The maximum absolute atomic E-state index is 15.1. The Kier molecular flexibility index (Phi) is 12.6. The van der Waals surface area contributed by atoms with Crippen LogP contribution in [0.1, 0.15) is 118 Å². The van der Waals surface area contributed by atoms with Crippen LogP contribution in [0.2, 0.25) is 0 Å². The quantitative estimate of drug-likeness (QED) is 0.0641. The van der Waals surface area contributed by atoms with Gasteiger partial charge in [-0.3, -0.25) is 19.8 Å². The number of H-pyrrole nitrogens is 1. The highest BCUT2D eigenvalue weighted by Crippen LogP contribution is 2.55. The topological polar surface area (TPSA) is 211 Å². The second-order valence-electron chi connectivity index (χ2n) is 21.5. The van der Waals surface area contributed by atoms with E-state index in [0.29, 0.717) is 56.9 Å². The van der Waals surface area contributed by atoms with E-state index in [1.165, 1.54) is 42.3 Å². The molecule has 19 heteroatoms. The highest BCUT2D eigenvalue weighted by atomic mass is 32.2. The van der Waals surface area contributed by atoms with E-state index in [0.717, 1.165) is 63.1 Å². The third kappa shape index (κ3) is 9.32. The second-order valence-corrected chi connectivity index (χ2v) is 23.2. The van der Waals surface area contributed by atoms with Crippen LogP contribution in [0.3, 0.4) is 0 Å². The number of piperidine rings is 1. The van der Waals surface area contributed by atoms with Gasteiger partial charge >= 0.3 is 0 Å². The lowest BCUT2D eigenvalue weighted by atomic mass is 9.59. The number of anilines is 2. The summed E-state index contributed by atoms with van der Waals surface area (Å²) < 4.78 is 69.4. The minimum Gasteiger partial charge on any atom is -0.489 e. The number of amides is 1. The molecule has 4 N–H and O–H groups in total. The summed E-state index contributed by atoms with van der Waals surface area (Å²) in [5, 5.41) is 26.3. The number of nitrogens with one attached hydrogen (secondary N) is 3. The summed E-state index contributed by atoms with van der Waals surface area (Å²) >= 11 is 0. The van der Waals surface area contributed by atoms with E-state index in [4.69, 9.17) is 18.9 Å². The second kappa shape index (κ2) is 18.8. The maximum atomic E-state index is 15.1. The van der Waals surface area contributed by atoms with Crippen LogP contribution < -0.4 is 29.1 Å². The summed E-state index contributed by atoms with van der Waals surface area (Å²) in [5.74, 6) is -1.20. The van der Waals surface area contributed by atoms with Gasteiger partial charge in [-0.1, -0.05) is 38.1 Å². The minimum absolute atomic E-state index is 0.0110. The molecule has 2 aromatic heterocycles. The van der Waals surface area contributed by atoms with Crippen molar-refractivity contribution in [3.63, 3.8) is 0 Å². The lowest BCUT2D eigenvalue weighted by Gasteiger charge is -2.56. The Bertz CT molecular complexity index is 3010. The van der Waals surface area contributed by atoms with E-state index in [2.05, 4.69) is 67.9 Å². The molecule has 5 aromatic rings. The van der Waals surface area contributed by atoms with Crippen molar-refractivity contribution >= 4 is 44.0 Å². The first-order valence-electron chi connectivity index (χ1n) is 25.4. The third-order valence-electron chi connectivity index (χ3n) is 16.3. The average Bonchev–Trinajstić information content (AvgIpc) is 3.97. The largest absolute Gasteiger partial charge is 0.489 e. The van der Waals surface area contributed by atoms with Gasteiger partial charge in [0.15, 0.2) is 17.2 Å². The lowest BCUT2D eigenvalue weighted by Crippen LogP contribution is -2.54. The van der Waals surface area contributed by atoms with Crippen LogP contribution in [0, 0.1) is 27.3 Å². The number of benzene rings is 3. The number of nitro groups is 1. The van der Waals surface area contributed by atoms with Crippen molar-refractivity contribution in [1.29, 1.82) is 0 Å². The summed E-state index contributed by atoms with van der Waals surface area (Å²) in [4.78, 5) is 37.9. The van der Waals surface area contributed by atoms with Crippen LogP contribution in [0.4, 0.5) is 21.5 Å². The number of fused-ring (bicyclic) bond motifs is 2. The third-order valence-corrected chi connectivity index (χ3v) is 17.7. The number of halogens is 1. The number of hydrogen-bond donors (Lipinski definition) is 4. The molecule has 1 spiro atoms. The molecular formula is C53H62FN7O10S. The van der Waals surface area contributed by atoms with Gasteiger partial charge in [0.25, 0.3) is 27.5 Å². The number of hydrogen-bond acceptors (Lipinski definition) is 14. The molecular weight excluding hydrogens is 946 g/mol. The first-order valence-corrected chi connectivity index (χ1v) is 26.9. The average molecular weight is 1010 g/mol. The van der Waals surface area contributed by atoms with Gasteiger partial charge < -0.3 is 39.3 Å². The maximum Gasteiger partial charge on any atom is 0.297 e. The Morgan fingerprint density at radius 2 is 1.76 bits per heavy atom. The van der Waals surface area contributed by atoms with Crippen molar-refractivity contribution in [2.45, 2.75) is 126 Å². The summed E-state index contributed by atoms with van der Waals surface area (Å²) in [5.41, 5.74) is 2.65. The molecule has 3 aromatic carbocycles. The molecule has 2 aliphatic carbocycles. The van der Waals surface area contributed by atoms with Crippen LogP contribution in [0.15, 0.2) is 71.8 Å². The number of pyridine rings is 1. The number of carbonyl (C=O) groups is 1. The number of ether oxygens (including phenoxy) is 4. The Hall–Kier alpha value is -6.02. The number of sulfonamides is 1. The molecule has 17 nitrogen and oxygen atoms in total. The fraction of sp³-hybridized carbons (Fsp3) is 0.509. The Labute approximate surface area is 418 Å². The van der Waals surface area contributed by atoms with Crippen molar-refractivity contribution in [2.75, 3.05) is 49.7 Å². The molecule has 3 saturated heterocycles. The van der Waals surface area contributed by atoms with E-state index in [1.54, 1.807) is 19.1 Å². The van der Waals surface area contributed by atoms with Gasteiger partial charge in [-0.25, -0.2) is 17.5 Å². The first-order chi connectivity index (χ1) is 34.5. The number of nitro benzene ring substituents is 1. The zero-order valence-corrected chi connectivity index (χ0v) is 41.6. The molecule has 72 heavy (non-hydrogen) atoms. The predicted octanol–water partition coefficient (Wildman–Crippen LogP) is 9.12. The van der Waals surface area contributed by atoms with Gasteiger partial charge in [-0.05, 0) is 118 Å². The smallest absolute Gasteiger partial charge is 0.297 e. The van der Waals surface area contributed by atoms with E-state index < -0.39 is 42.9 Å². The van der Waals surface area contributed by atoms with Crippen molar-refractivity contribution in [1.82, 2.24) is 19.6 Å². The van der Waals surface area contributed by atoms with Crippen LogP contribution in [0.25, 0.3) is 11.0 Å². The van der Waals surface area contributed by atoms with Crippen LogP contribution >= 0.6 is 0 Å². The van der Waals surface area contributed by atoms with Gasteiger partial charge in [-0.2, -0.15) is 4.98 Å². The Balaban J connectivity index is 0.846. The standard InChI is InChI=1S/C53H62FN7O10S/c1-31(2)37-7-4-5-8-38(37)43-9-6-18-60(43)34-25-53(26-34)16-19-59(20-17-53)33-10-11-39(45(21-33)71-47-24-40-41(54)27-55-49(40)57-51(47)70-35-28-68-29-35)50(62)58-72(66,67)36-22-44(61(64)65)48-46(23-36)69-30-42(56-48)32-12-14-52(3,63)15-13-32/h4-5,7-8,10-11,21-24,27,31-32,34-35,42-43,56,63H,6,9,12-20,25-26,28-30H2,1-3H3,(H,55,57)(H,58,62)/t32-,42-,43+,52-/m1/s1. The number of carbonyl (C=O) groups excluding carboxylic acids is 1. The molecule has 0 bridgehead atoms. The number of nitrogens with zero attached hydrogens (tertiary/aromatic N) is 4. The fourth-order valence-electron chi connectivity index (χ4n) is 12.1. The molecule has 5 fully saturated rings. The molecule has 1 amide bonds. The molecule has 2 atom stereocenters. The number of aromatic nitrogens is 2. The highest BCUT2D eigenvalue weighted by molar-refractivity contribution is 7.90. The van der Waals surface area contributed by atoms with Crippen molar-refractivity contribution in [2.24, 2.45) is 11.3 Å². The van der Waals surface area contributed by atoms with Gasteiger partial charge in [0.1, 0.15) is 29.9 Å². The zero-order valence-electron chi connectivity index (χ0n) is 40.8. The number of likely N-dealkylation sites (tertiary alicyclic amines) is 1. The summed E-state index contributed by atoms with van der Waals surface area (Å²) in [7, 11) is -4.77. The monoisotopic (exact) mass is 1010 g/mol. The summed E-state index contributed by atoms with van der Waals surface area (Å²) in [6.07, 6.45) is 9.96. The Morgan fingerprint density at radius 1 is 1.00 bits per heavy atom. The molecule has 2 saturated carbocycles. The van der Waals surface area contributed by atoms with Gasteiger partial charge in [0.2, 0.25) is 0 Å². The number of aromatic amines is 1. The Morgan fingerprint density at radius 3 is 2.49 bits per heavy atom. The van der Waals surface area contributed by atoms with Crippen LogP contribution in [0.5, 0.6) is 23.1 Å². The molecule has 0 radical (unpaired) electrons. The summed E-state index contributed by atoms with van der Waals surface area (Å²) in [6, 6.07) is 18.0. The SMILES string of the molecule is CC(C)c1ccccc1[C@@H]1CCCN1C1CC2(CCN(c3ccc(C(=O)NS(=O)(=O)c4cc5c(c([N+](=O)[O-])c4)N[C@@H]([C@H]4CC[C@](C)(O)CC4)CO5)c(Oc4cc5c(F)c[nH]c5nc4OC4COC4)c3)CC2)C1. The molecule has 0 unspecified atom stereocenters. The molecule has 382 valence electrons. The van der Waals surface area contributed by atoms with Crippen LogP contribution in [-0.2, 0) is 14.8 Å². The normalized spacial score (nSPS) is 24.5. The minimum atomic E-state index is -4.77. The van der Waals surface area contributed by atoms with Gasteiger partial charge in [0, 0.05) is 61.3 Å². The lowest BCUT2D eigenvalue weighted by molar-refractivity contribution is -0.384. The fourth-order valence-corrected chi connectivity index (χ4v) is 13.1. The summed E-state index contributed by atoms with van der Waals surface area (Å²) in [6.45, 7) is 9.68. The van der Waals surface area contributed by atoms with Gasteiger partial charge in [0.05, 0.1) is 45.6 Å². The van der Waals surface area contributed by atoms with Crippen molar-refractivity contribution in [3.8, 4) is 23.1 Å². The predicted molar refractivity (Wildman–Crippen MR) is 267 cm³/mol. The number of aliphatic hydroxyl groups is 1. The van der Waals surface area contributed by atoms with E-state index >= 15 is 4.39 Å². The molecule has 6 heterocycles. The van der Waals surface area contributed by atoms with Crippen molar-refractivity contribution < 1.29 is 46.6 Å². The van der Waals surface area contributed by atoms with E-state index in [1.807, 2.05) is 0 Å².